The zero-order valence-corrected chi connectivity index (χ0v) is 9.74. The number of amides is 1. The predicted octanol–water partition coefficient (Wildman–Crippen LogP) is 1.45. The Morgan fingerprint density at radius 1 is 1.19 bits per heavy atom. The molecule has 3 rings (SSSR count). The Bertz CT molecular complexity index is 286. The molecular formula is C13H21NO2. The van der Waals surface area contributed by atoms with Crippen molar-refractivity contribution in [1.29, 1.82) is 0 Å². The molecule has 2 N–H and O–H groups in total. The van der Waals surface area contributed by atoms with Gasteiger partial charge in [-0.1, -0.05) is 12.8 Å². The molecule has 0 bridgehead atoms. The minimum Gasteiger partial charge on any atom is -0.388 e. The number of hydrogen-bond donors (Lipinski definition) is 2. The third-order valence-electron chi connectivity index (χ3n) is 4.74. The lowest BCUT2D eigenvalue weighted by Crippen LogP contribution is -2.42. The standard InChI is InChI=1S/C13H21NO2/c15-12(11-6-9-5-10(9)7-11)14-8-13(16)3-1-2-4-13/h9-11,16H,1-8H2,(H,14,15). The van der Waals surface area contributed by atoms with E-state index in [2.05, 4.69) is 5.32 Å². The maximum atomic E-state index is 11.9. The van der Waals surface area contributed by atoms with Gasteiger partial charge in [0.15, 0.2) is 0 Å². The van der Waals surface area contributed by atoms with E-state index in [1.165, 1.54) is 6.42 Å². The van der Waals surface area contributed by atoms with Gasteiger partial charge in [-0.05, 0) is 43.9 Å². The van der Waals surface area contributed by atoms with Crippen LogP contribution in [0, 0.1) is 17.8 Å². The Kier molecular flexibility index (Phi) is 2.46. The molecule has 3 aliphatic carbocycles. The van der Waals surface area contributed by atoms with Gasteiger partial charge in [-0.25, -0.2) is 0 Å². The number of hydrogen-bond acceptors (Lipinski definition) is 2. The smallest absolute Gasteiger partial charge is 0.223 e. The van der Waals surface area contributed by atoms with Gasteiger partial charge in [-0.3, -0.25) is 4.79 Å². The van der Waals surface area contributed by atoms with Crippen LogP contribution in [0.1, 0.15) is 44.9 Å². The molecule has 2 unspecified atom stereocenters. The lowest BCUT2D eigenvalue weighted by molar-refractivity contribution is -0.126. The minimum absolute atomic E-state index is 0.188. The lowest BCUT2D eigenvalue weighted by atomic mass is 10.00. The SMILES string of the molecule is O=C(NCC1(O)CCCC1)C1CC2CC2C1. The highest BCUT2D eigenvalue weighted by atomic mass is 16.3. The molecule has 0 aromatic carbocycles. The first kappa shape index (κ1) is 10.6. The van der Waals surface area contributed by atoms with E-state index >= 15 is 0 Å². The summed E-state index contributed by atoms with van der Waals surface area (Å²) >= 11 is 0. The first-order chi connectivity index (χ1) is 7.66. The van der Waals surface area contributed by atoms with E-state index in [-0.39, 0.29) is 11.8 Å². The summed E-state index contributed by atoms with van der Waals surface area (Å²) in [6, 6.07) is 0. The van der Waals surface area contributed by atoms with E-state index in [4.69, 9.17) is 0 Å². The van der Waals surface area contributed by atoms with Crippen LogP contribution in [-0.2, 0) is 4.79 Å². The average molecular weight is 223 g/mol. The second-order valence-electron chi connectivity index (χ2n) is 6.07. The summed E-state index contributed by atoms with van der Waals surface area (Å²) in [7, 11) is 0. The van der Waals surface area contributed by atoms with Crippen molar-refractivity contribution in [3.63, 3.8) is 0 Å². The Morgan fingerprint density at radius 3 is 2.44 bits per heavy atom. The van der Waals surface area contributed by atoms with Crippen LogP contribution >= 0.6 is 0 Å². The molecule has 3 heteroatoms. The molecule has 90 valence electrons. The molecular weight excluding hydrogens is 202 g/mol. The van der Waals surface area contributed by atoms with Crippen LogP contribution in [0.2, 0.25) is 0 Å². The number of rotatable bonds is 3. The Hall–Kier alpha value is -0.570. The Morgan fingerprint density at radius 2 is 1.81 bits per heavy atom. The number of carbonyl (C=O) groups is 1. The monoisotopic (exact) mass is 223 g/mol. The summed E-state index contributed by atoms with van der Waals surface area (Å²) in [5.74, 6) is 2.14. The maximum Gasteiger partial charge on any atom is 0.223 e. The quantitative estimate of drug-likeness (QED) is 0.761. The van der Waals surface area contributed by atoms with E-state index < -0.39 is 5.60 Å². The minimum atomic E-state index is -0.600. The van der Waals surface area contributed by atoms with E-state index in [1.807, 2.05) is 0 Å². The average Bonchev–Trinajstić information content (AvgIpc) is 2.71. The van der Waals surface area contributed by atoms with E-state index in [1.54, 1.807) is 0 Å². The van der Waals surface area contributed by atoms with Crippen molar-refractivity contribution in [3.05, 3.63) is 0 Å². The third-order valence-corrected chi connectivity index (χ3v) is 4.74. The highest BCUT2D eigenvalue weighted by Gasteiger charge is 2.48. The van der Waals surface area contributed by atoms with Crippen LogP contribution in [0.3, 0.4) is 0 Å². The van der Waals surface area contributed by atoms with Gasteiger partial charge >= 0.3 is 0 Å². The van der Waals surface area contributed by atoms with Crippen molar-refractivity contribution in [2.75, 3.05) is 6.54 Å². The summed E-state index contributed by atoms with van der Waals surface area (Å²) in [6.07, 6.45) is 7.43. The molecule has 1 amide bonds. The lowest BCUT2D eigenvalue weighted by Gasteiger charge is -2.23. The second-order valence-corrected chi connectivity index (χ2v) is 6.07. The topological polar surface area (TPSA) is 49.3 Å². The highest BCUT2D eigenvalue weighted by molar-refractivity contribution is 5.79. The van der Waals surface area contributed by atoms with Gasteiger partial charge in [0.2, 0.25) is 5.91 Å². The van der Waals surface area contributed by atoms with E-state index in [0.29, 0.717) is 6.54 Å². The molecule has 2 atom stereocenters. The molecule has 3 aliphatic rings. The molecule has 0 spiro atoms. The van der Waals surface area contributed by atoms with Crippen molar-refractivity contribution in [2.24, 2.45) is 17.8 Å². The van der Waals surface area contributed by atoms with E-state index in [0.717, 1.165) is 50.4 Å². The third kappa shape index (κ3) is 1.97. The number of fused-ring (bicyclic) bond motifs is 1. The second kappa shape index (κ2) is 3.73. The zero-order valence-electron chi connectivity index (χ0n) is 9.74. The molecule has 0 aromatic rings. The highest BCUT2D eigenvalue weighted by Crippen LogP contribution is 2.54. The van der Waals surface area contributed by atoms with Gasteiger partial charge in [0, 0.05) is 12.5 Å². The fourth-order valence-corrected chi connectivity index (χ4v) is 3.53. The molecule has 3 nitrogen and oxygen atoms in total. The fraction of sp³-hybridized carbons (Fsp3) is 0.923. The van der Waals surface area contributed by atoms with Crippen LogP contribution in [0.25, 0.3) is 0 Å². The number of nitrogens with one attached hydrogen (secondary N) is 1. The Labute approximate surface area is 96.6 Å². The van der Waals surface area contributed by atoms with Gasteiger partial charge in [0.25, 0.3) is 0 Å². The predicted molar refractivity (Wildman–Crippen MR) is 60.7 cm³/mol. The van der Waals surface area contributed by atoms with Crippen molar-refractivity contribution >= 4 is 5.91 Å². The number of aliphatic hydroxyl groups is 1. The molecule has 3 fully saturated rings. The van der Waals surface area contributed by atoms with Crippen molar-refractivity contribution in [3.8, 4) is 0 Å². The van der Waals surface area contributed by atoms with Crippen molar-refractivity contribution in [2.45, 2.75) is 50.5 Å². The summed E-state index contributed by atoms with van der Waals surface area (Å²) < 4.78 is 0. The molecule has 0 radical (unpaired) electrons. The molecule has 16 heavy (non-hydrogen) atoms. The molecule has 0 aliphatic heterocycles. The fourth-order valence-electron chi connectivity index (χ4n) is 3.53. The summed E-state index contributed by atoms with van der Waals surface area (Å²) in [6.45, 7) is 0.470. The van der Waals surface area contributed by atoms with Crippen LogP contribution in [0.15, 0.2) is 0 Å². The normalized spacial score (nSPS) is 39.4. The summed E-state index contributed by atoms with van der Waals surface area (Å²) in [5.41, 5.74) is -0.600. The molecule has 3 saturated carbocycles. The molecule has 0 saturated heterocycles. The van der Waals surface area contributed by atoms with Crippen LogP contribution in [-0.4, -0.2) is 23.2 Å². The first-order valence-corrected chi connectivity index (χ1v) is 6.66. The maximum absolute atomic E-state index is 11.9. The van der Waals surface area contributed by atoms with Gasteiger partial charge in [-0.15, -0.1) is 0 Å². The van der Waals surface area contributed by atoms with Gasteiger partial charge in [-0.2, -0.15) is 0 Å². The van der Waals surface area contributed by atoms with Crippen LogP contribution in [0.5, 0.6) is 0 Å². The molecule has 0 heterocycles. The van der Waals surface area contributed by atoms with Crippen LogP contribution < -0.4 is 5.32 Å². The van der Waals surface area contributed by atoms with E-state index in [9.17, 15) is 9.90 Å². The zero-order chi connectivity index (χ0) is 11.2. The summed E-state index contributed by atoms with van der Waals surface area (Å²) in [5, 5.41) is 13.1. The summed E-state index contributed by atoms with van der Waals surface area (Å²) in [4.78, 5) is 11.9. The molecule has 0 aromatic heterocycles. The largest absolute Gasteiger partial charge is 0.388 e. The van der Waals surface area contributed by atoms with Gasteiger partial charge in [0.05, 0.1) is 5.60 Å². The van der Waals surface area contributed by atoms with Crippen molar-refractivity contribution in [1.82, 2.24) is 5.32 Å². The number of carbonyl (C=O) groups excluding carboxylic acids is 1. The van der Waals surface area contributed by atoms with Crippen LogP contribution in [0.4, 0.5) is 0 Å². The Balaban J connectivity index is 1.46. The van der Waals surface area contributed by atoms with Gasteiger partial charge in [0.1, 0.15) is 0 Å². The first-order valence-electron chi connectivity index (χ1n) is 6.66. The van der Waals surface area contributed by atoms with Gasteiger partial charge < -0.3 is 10.4 Å². The van der Waals surface area contributed by atoms with Crippen molar-refractivity contribution < 1.29 is 9.90 Å².